The summed E-state index contributed by atoms with van der Waals surface area (Å²) < 4.78 is 1.89. The largest absolute Gasteiger partial charge is 0.333 e. The number of carbonyl (C=O) groups is 1. The van der Waals surface area contributed by atoms with Gasteiger partial charge in [-0.05, 0) is 48.5 Å². The molecule has 5 nitrogen and oxygen atoms in total. The molecule has 27 heavy (non-hydrogen) atoms. The first-order valence-electron chi connectivity index (χ1n) is 8.45. The number of amides is 1. The maximum atomic E-state index is 12.4. The monoisotopic (exact) mass is 372 g/mol. The fourth-order valence-corrected chi connectivity index (χ4v) is 3.87. The van der Waals surface area contributed by atoms with Gasteiger partial charge in [-0.25, -0.2) is 4.99 Å². The summed E-state index contributed by atoms with van der Waals surface area (Å²) in [5, 5.41) is 13.4. The van der Waals surface area contributed by atoms with Crippen LogP contribution < -0.4 is 5.32 Å². The molecular formula is C21H16N4OS. The van der Waals surface area contributed by atoms with E-state index in [9.17, 15) is 4.79 Å². The quantitative estimate of drug-likeness (QED) is 0.694. The lowest BCUT2D eigenvalue weighted by molar-refractivity contribution is -0.115. The van der Waals surface area contributed by atoms with E-state index in [0.29, 0.717) is 10.1 Å². The van der Waals surface area contributed by atoms with Gasteiger partial charge in [-0.2, -0.15) is 5.26 Å². The van der Waals surface area contributed by atoms with Crippen molar-refractivity contribution in [1.82, 2.24) is 9.88 Å². The molecule has 132 valence electrons. The molecule has 2 aromatic carbocycles. The van der Waals surface area contributed by atoms with Crippen molar-refractivity contribution in [3.05, 3.63) is 70.8 Å². The van der Waals surface area contributed by atoms with E-state index in [1.807, 2.05) is 72.3 Å². The van der Waals surface area contributed by atoms with E-state index in [1.54, 1.807) is 0 Å². The molecule has 0 spiro atoms. The van der Waals surface area contributed by atoms with Gasteiger partial charge >= 0.3 is 0 Å². The molecule has 0 atom stereocenters. The zero-order valence-electron chi connectivity index (χ0n) is 14.6. The molecule has 0 aliphatic carbocycles. The van der Waals surface area contributed by atoms with Gasteiger partial charge in [-0.3, -0.25) is 4.79 Å². The van der Waals surface area contributed by atoms with Gasteiger partial charge < -0.3 is 9.88 Å². The highest BCUT2D eigenvalue weighted by Gasteiger charge is 2.24. The van der Waals surface area contributed by atoms with Gasteiger partial charge in [0.25, 0.3) is 5.91 Å². The number of rotatable bonds is 3. The molecular weight excluding hydrogens is 356 g/mol. The summed E-state index contributed by atoms with van der Waals surface area (Å²) in [6.45, 7) is 2.27. The number of nitrogens with zero attached hydrogens (tertiary/aromatic N) is 3. The van der Waals surface area contributed by atoms with E-state index in [4.69, 9.17) is 5.26 Å². The number of para-hydroxylation sites is 1. The van der Waals surface area contributed by atoms with Crippen LogP contribution in [0.1, 0.15) is 11.1 Å². The van der Waals surface area contributed by atoms with Gasteiger partial charge in [-0.15, -0.1) is 0 Å². The third kappa shape index (κ3) is 3.50. The summed E-state index contributed by atoms with van der Waals surface area (Å²) in [6.07, 6.45) is 3.76. The Morgan fingerprint density at radius 1 is 1.26 bits per heavy atom. The van der Waals surface area contributed by atoms with Crippen molar-refractivity contribution in [2.45, 2.75) is 13.5 Å². The van der Waals surface area contributed by atoms with E-state index in [-0.39, 0.29) is 12.5 Å². The molecule has 1 N–H and O–H groups in total. The van der Waals surface area contributed by atoms with Crippen molar-refractivity contribution >= 4 is 45.5 Å². The summed E-state index contributed by atoms with van der Waals surface area (Å²) in [6, 6.07) is 17.9. The number of hydrogen-bond acceptors (Lipinski definition) is 4. The first-order chi connectivity index (χ1) is 13.1. The van der Waals surface area contributed by atoms with Crippen molar-refractivity contribution in [3.63, 3.8) is 0 Å². The maximum Gasteiger partial charge on any atom is 0.264 e. The van der Waals surface area contributed by atoms with Crippen molar-refractivity contribution in [1.29, 1.82) is 5.26 Å². The highest BCUT2D eigenvalue weighted by atomic mass is 32.2. The Hall–Kier alpha value is -3.30. The zero-order valence-corrected chi connectivity index (χ0v) is 15.5. The normalized spacial score (nSPS) is 16.8. The average Bonchev–Trinajstić information content (AvgIpc) is 3.17. The minimum absolute atomic E-state index is 0.163. The molecule has 1 saturated heterocycles. The summed E-state index contributed by atoms with van der Waals surface area (Å²) in [4.78, 5) is 17.5. The molecule has 0 unspecified atom stereocenters. The number of aliphatic imine (C=N–C) groups is 1. The highest BCUT2D eigenvalue weighted by Crippen LogP contribution is 2.31. The number of aromatic nitrogens is 1. The molecule has 1 amide bonds. The SMILES string of the molecule is Cc1cccc(N=C2NC(=O)/C(=C/c3cn(CC#N)c4ccccc34)S2)c1. The van der Waals surface area contributed by atoms with Crippen LogP contribution in [0.15, 0.2) is 64.6 Å². The van der Waals surface area contributed by atoms with Crippen LogP contribution in [0.25, 0.3) is 17.0 Å². The third-order valence-electron chi connectivity index (χ3n) is 4.23. The fourth-order valence-electron chi connectivity index (χ4n) is 3.03. The molecule has 1 aliphatic heterocycles. The van der Waals surface area contributed by atoms with Crippen LogP contribution in [-0.4, -0.2) is 15.6 Å². The minimum Gasteiger partial charge on any atom is -0.333 e. The lowest BCUT2D eigenvalue weighted by atomic mass is 10.1. The number of carbonyl (C=O) groups excluding carboxylic acids is 1. The molecule has 1 aliphatic rings. The Balaban J connectivity index is 1.68. The fraction of sp³-hybridized carbons (Fsp3) is 0.0952. The van der Waals surface area contributed by atoms with Crippen molar-refractivity contribution in [2.75, 3.05) is 0 Å². The number of fused-ring (bicyclic) bond motifs is 1. The highest BCUT2D eigenvalue weighted by molar-refractivity contribution is 8.18. The van der Waals surface area contributed by atoms with Crippen LogP contribution in [-0.2, 0) is 11.3 Å². The number of amidine groups is 1. The predicted octanol–water partition coefficient (Wildman–Crippen LogP) is 4.36. The predicted molar refractivity (Wildman–Crippen MR) is 110 cm³/mol. The Labute approximate surface area is 161 Å². The maximum absolute atomic E-state index is 12.4. The number of aryl methyl sites for hydroxylation is 1. The number of nitriles is 1. The van der Waals surface area contributed by atoms with Gasteiger partial charge in [0.2, 0.25) is 0 Å². The second-order valence-corrected chi connectivity index (χ2v) is 7.24. The number of hydrogen-bond donors (Lipinski definition) is 1. The molecule has 4 rings (SSSR count). The van der Waals surface area contributed by atoms with Crippen LogP contribution in [0.5, 0.6) is 0 Å². The summed E-state index contributed by atoms with van der Waals surface area (Å²) in [5.41, 5.74) is 3.81. The first-order valence-corrected chi connectivity index (χ1v) is 9.27. The summed E-state index contributed by atoms with van der Waals surface area (Å²) >= 11 is 1.32. The van der Waals surface area contributed by atoms with E-state index >= 15 is 0 Å². The van der Waals surface area contributed by atoms with Crippen LogP contribution in [0.3, 0.4) is 0 Å². The standard InChI is InChI=1S/C21H16N4OS/c1-14-5-4-6-16(11-14)23-21-24-20(26)19(27-21)12-15-13-25(10-9-22)18-8-3-2-7-17(15)18/h2-8,11-13H,10H2,1H3,(H,23,24,26)/b19-12-. The molecule has 0 saturated carbocycles. The lowest BCUT2D eigenvalue weighted by Crippen LogP contribution is -2.19. The van der Waals surface area contributed by atoms with Crippen LogP contribution in [0.2, 0.25) is 0 Å². The summed E-state index contributed by atoms with van der Waals surface area (Å²) in [5.74, 6) is -0.163. The van der Waals surface area contributed by atoms with Gasteiger partial charge in [0, 0.05) is 22.7 Å². The number of benzene rings is 2. The van der Waals surface area contributed by atoms with Crippen LogP contribution >= 0.6 is 11.8 Å². The van der Waals surface area contributed by atoms with Gasteiger partial charge in [0.15, 0.2) is 5.17 Å². The Kier molecular flexibility index (Phi) is 4.53. The molecule has 3 aromatic rings. The van der Waals surface area contributed by atoms with E-state index < -0.39 is 0 Å². The van der Waals surface area contributed by atoms with E-state index in [2.05, 4.69) is 16.4 Å². The van der Waals surface area contributed by atoms with Gasteiger partial charge in [0.1, 0.15) is 6.54 Å². The van der Waals surface area contributed by atoms with E-state index in [1.165, 1.54) is 11.8 Å². The molecule has 1 aromatic heterocycles. The zero-order chi connectivity index (χ0) is 18.8. The van der Waals surface area contributed by atoms with E-state index in [0.717, 1.165) is 27.7 Å². The third-order valence-corrected chi connectivity index (χ3v) is 5.14. The Bertz CT molecular complexity index is 1150. The Morgan fingerprint density at radius 3 is 2.93 bits per heavy atom. The minimum atomic E-state index is -0.163. The van der Waals surface area contributed by atoms with Gasteiger partial charge in [0.05, 0.1) is 16.7 Å². The Morgan fingerprint density at radius 2 is 2.11 bits per heavy atom. The van der Waals surface area contributed by atoms with Crippen LogP contribution in [0.4, 0.5) is 5.69 Å². The van der Waals surface area contributed by atoms with Crippen molar-refractivity contribution < 1.29 is 4.79 Å². The number of nitrogens with one attached hydrogen (secondary N) is 1. The molecule has 2 heterocycles. The van der Waals surface area contributed by atoms with Gasteiger partial charge in [-0.1, -0.05) is 30.3 Å². The topological polar surface area (TPSA) is 70.2 Å². The number of thioether (sulfide) groups is 1. The lowest BCUT2D eigenvalue weighted by Gasteiger charge is -1.97. The second kappa shape index (κ2) is 7.14. The second-order valence-electron chi connectivity index (χ2n) is 6.21. The average molecular weight is 372 g/mol. The van der Waals surface area contributed by atoms with Crippen molar-refractivity contribution in [2.24, 2.45) is 4.99 Å². The molecule has 6 heteroatoms. The molecule has 0 radical (unpaired) electrons. The summed E-state index contributed by atoms with van der Waals surface area (Å²) in [7, 11) is 0. The van der Waals surface area contributed by atoms with Crippen molar-refractivity contribution in [3.8, 4) is 6.07 Å². The molecule has 0 bridgehead atoms. The smallest absolute Gasteiger partial charge is 0.264 e. The molecule has 1 fully saturated rings. The van der Waals surface area contributed by atoms with Crippen LogP contribution in [0, 0.1) is 18.3 Å². The first kappa shape index (κ1) is 17.1.